The molecule has 0 aliphatic heterocycles. The number of ether oxygens (including phenoxy) is 1. The highest BCUT2D eigenvalue weighted by atomic mass is 16.6. The normalized spacial score (nSPS) is 12.9. The van der Waals surface area contributed by atoms with Gasteiger partial charge < -0.3 is 9.84 Å². The third-order valence-electron chi connectivity index (χ3n) is 2.31. The Morgan fingerprint density at radius 1 is 1.47 bits per heavy atom. The van der Waals surface area contributed by atoms with Gasteiger partial charge in [-0.1, -0.05) is 6.07 Å². The van der Waals surface area contributed by atoms with Gasteiger partial charge in [-0.15, -0.1) is 0 Å². The zero-order valence-corrected chi connectivity index (χ0v) is 11.4. The number of carbonyl (C=O) groups is 1. The van der Waals surface area contributed by atoms with Crippen LogP contribution in [0.4, 0.5) is 4.79 Å². The number of aromatic nitrogens is 1. The molecule has 0 aromatic carbocycles. The number of pyridine rings is 1. The number of carbonyl (C=O) groups excluding carboxylic acids is 1. The van der Waals surface area contributed by atoms with Crippen LogP contribution in [0.1, 0.15) is 38.9 Å². The van der Waals surface area contributed by atoms with Gasteiger partial charge in [0.1, 0.15) is 11.6 Å². The molecule has 0 unspecified atom stereocenters. The second kappa shape index (κ2) is 6.49. The zero-order valence-electron chi connectivity index (χ0n) is 11.4. The van der Waals surface area contributed by atoms with E-state index in [0.717, 1.165) is 0 Å². The van der Waals surface area contributed by atoms with Crippen LogP contribution in [-0.2, 0) is 4.74 Å². The molecule has 19 heavy (non-hydrogen) atoms. The van der Waals surface area contributed by atoms with E-state index in [2.05, 4.69) is 4.98 Å². The summed E-state index contributed by atoms with van der Waals surface area (Å²) in [6.07, 6.45) is 0.867. The van der Waals surface area contributed by atoms with E-state index in [-0.39, 0.29) is 13.0 Å². The number of aliphatic hydroxyl groups excluding tert-OH is 1. The first-order valence-electron chi connectivity index (χ1n) is 6.08. The number of hydrogen-bond donors (Lipinski definition) is 2. The average Bonchev–Trinajstić information content (AvgIpc) is 2.34. The van der Waals surface area contributed by atoms with E-state index in [1.54, 1.807) is 45.2 Å². The van der Waals surface area contributed by atoms with Crippen molar-refractivity contribution in [1.29, 1.82) is 0 Å². The fourth-order valence-corrected chi connectivity index (χ4v) is 1.53. The molecule has 2 N–H and O–H groups in total. The minimum atomic E-state index is -0.864. The van der Waals surface area contributed by atoms with Crippen LogP contribution in [0.5, 0.6) is 0 Å². The number of amides is 1. The quantitative estimate of drug-likeness (QED) is 0.645. The SMILES string of the molecule is CC(C)(C)OC(=O)N(O)[C@@H](CCO)c1ccccn1. The first-order valence-corrected chi connectivity index (χ1v) is 6.08. The van der Waals surface area contributed by atoms with Crippen molar-refractivity contribution in [3.05, 3.63) is 30.1 Å². The molecule has 1 rings (SSSR count). The highest BCUT2D eigenvalue weighted by Gasteiger charge is 2.28. The molecule has 106 valence electrons. The van der Waals surface area contributed by atoms with Gasteiger partial charge in [0.2, 0.25) is 0 Å². The standard InChI is InChI=1S/C13H20N2O4/c1-13(2,3)19-12(17)15(18)11(7-9-16)10-6-4-5-8-14-10/h4-6,8,11,16,18H,7,9H2,1-3H3/t11-/m0/s1. The summed E-state index contributed by atoms with van der Waals surface area (Å²) in [6, 6.07) is 4.42. The van der Waals surface area contributed by atoms with Crippen LogP contribution in [0.3, 0.4) is 0 Å². The molecule has 0 saturated heterocycles. The summed E-state index contributed by atoms with van der Waals surface area (Å²) in [6.45, 7) is 4.95. The molecule has 1 heterocycles. The lowest BCUT2D eigenvalue weighted by molar-refractivity contribution is -0.126. The van der Waals surface area contributed by atoms with E-state index < -0.39 is 17.7 Å². The van der Waals surface area contributed by atoms with Crippen molar-refractivity contribution in [2.24, 2.45) is 0 Å². The summed E-state index contributed by atoms with van der Waals surface area (Å²) in [7, 11) is 0. The Balaban J connectivity index is 2.85. The van der Waals surface area contributed by atoms with Gasteiger partial charge in [0.05, 0.1) is 5.69 Å². The Morgan fingerprint density at radius 2 is 2.16 bits per heavy atom. The van der Waals surface area contributed by atoms with Crippen LogP contribution in [0.25, 0.3) is 0 Å². The molecule has 6 heteroatoms. The van der Waals surface area contributed by atoms with E-state index in [1.807, 2.05) is 0 Å². The van der Waals surface area contributed by atoms with Crippen molar-refractivity contribution < 1.29 is 19.8 Å². The lowest BCUT2D eigenvalue weighted by Crippen LogP contribution is -2.37. The number of rotatable bonds is 4. The first-order chi connectivity index (χ1) is 8.85. The molecule has 0 spiro atoms. The fourth-order valence-electron chi connectivity index (χ4n) is 1.53. The van der Waals surface area contributed by atoms with Gasteiger partial charge >= 0.3 is 6.09 Å². The van der Waals surface area contributed by atoms with Gasteiger partial charge in [-0.3, -0.25) is 10.2 Å². The highest BCUT2D eigenvalue weighted by molar-refractivity contribution is 5.67. The smallest absolute Gasteiger partial charge is 0.434 e. The maximum atomic E-state index is 11.8. The van der Waals surface area contributed by atoms with Gasteiger partial charge in [0.15, 0.2) is 0 Å². The fraction of sp³-hybridized carbons (Fsp3) is 0.538. The average molecular weight is 268 g/mol. The number of nitrogens with zero attached hydrogens (tertiary/aromatic N) is 2. The van der Waals surface area contributed by atoms with Crippen LogP contribution < -0.4 is 0 Å². The molecule has 1 aromatic rings. The summed E-state index contributed by atoms with van der Waals surface area (Å²) in [5, 5.41) is 19.5. The molecule has 0 bridgehead atoms. The zero-order chi connectivity index (χ0) is 14.5. The molecule has 0 fully saturated rings. The summed E-state index contributed by atoms with van der Waals surface area (Å²) >= 11 is 0. The molecule has 1 aromatic heterocycles. The van der Waals surface area contributed by atoms with E-state index >= 15 is 0 Å². The van der Waals surface area contributed by atoms with Crippen molar-refractivity contribution in [3.63, 3.8) is 0 Å². The Morgan fingerprint density at radius 3 is 2.63 bits per heavy atom. The summed E-state index contributed by atoms with van der Waals surface area (Å²) in [4.78, 5) is 15.9. The van der Waals surface area contributed by atoms with Crippen molar-refractivity contribution >= 4 is 6.09 Å². The predicted octanol–water partition coefficient (Wildman–Crippen LogP) is 2.13. The summed E-state index contributed by atoms with van der Waals surface area (Å²) in [5.41, 5.74) is -0.212. The van der Waals surface area contributed by atoms with Gasteiger partial charge in [0, 0.05) is 12.8 Å². The van der Waals surface area contributed by atoms with E-state index in [1.165, 1.54) is 0 Å². The lowest BCUT2D eigenvalue weighted by Gasteiger charge is -2.28. The third kappa shape index (κ3) is 4.84. The predicted molar refractivity (Wildman–Crippen MR) is 68.5 cm³/mol. The topological polar surface area (TPSA) is 82.9 Å². The van der Waals surface area contributed by atoms with E-state index in [0.29, 0.717) is 10.8 Å². The van der Waals surface area contributed by atoms with Crippen LogP contribution in [0.15, 0.2) is 24.4 Å². The van der Waals surface area contributed by atoms with E-state index in [9.17, 15) is 10.0 Å². The van der Waals surface area contributed by atoms with Gasteiger partial charge in [-0.2, -0.15) is 5.06 Å². The second-order valence-corrected chi connectivity index (χ2v) is 5.11. The Hall–Kier alpha value is -1.66. The number of aliphatic hydroxyl groups is 1. The Bertz CT molecular complexity index is 403. The molecule has 0 saturated carbocycles. The van der Waals surface area contributed by atoms with Crippen LogP contribution >= 0.6 is 0 Å². The highest BCUT2D eigenvalue weighted by Crippen LogP contribution is 2.22. The molecule has 1 amide bonds. The van der Waals surface area contributed by atoms with Crippen molar-refractivity contribution in [1.82, 2.24) is 10.0 Å². The van der Waals surface area contributed by atoms with Crippen LogP contribution in [0, 0.1) is 0 Å². The summed E-state index contributed by atoms with van der Waals surface area (Å²) < 4.78 is 5.08. The third-order valence-corrected chi connectivity index (χ3v) is 2.31. The summed E-state index contributed by atoms with van der Waals surface area (Å²) in [5.74, 6) is 0. The minimum Gasteiger partial charge on any atom is -0.442 e. The largest absolute Gasteiger partial charge is 0.442 e. The van der Waals surface area contributed by atoms with Crippen molar-refractivity contribution in [3.8, 4) is 0 Å². The first kappa shape index (κ1) is 15.4. The second-order valence-electron chi connectivity index (χ2n) is 5.11. The van der Waals surface area contributed by atoms with Crippen LogP contribution in [-0.4, -0.2) is 38.7 Å². The molecular formula is C13H20N2O4. The van der Waals surface area contributed by atoms with Crippen molar-refractivity contribution in [2.45, 2.75) is 38.8 Å². The number of hydrogen-bond acceptors (Lipinski definition) is 5. The minimum absolute atomic E-state index is 0.173. The number of hydroxylamine groups is 2. The van der Waals surface area contributed by atoms with E-state index in [4.69, 9.17) is 9.84 Å². The molecule has 0 aliphatic rings. The Labute approximate surface area is 112 Å². The van der Waals surface area contributed by atoms with Crippen molar-refractivity contribution in [2.75, 3.05) is 6.61 Å². The maximum Gasteiger partial charge on any atom is 0.434 e. The van der Waals surface area contributed by atoms with Gasteiger partial charge in [-0.05, 0) is 39.3 Å². The molecule has 0 aliphatic carbocycles. The molecule has 0 radical (unpaired) electrons. The molecular weight excluding hydrogens is 248 g/mol. The maximum absolute atomic E-state index is 11.8. The van der Waals surface area contributed by atoms with Crippen LogP contribution in [0.2, 0.25) is 0 Å². The van der Waals surface area contributed by atoms with Gasteiger partial charge in [-0.25, -0.2) is 4.79 Å². The monoisotopic (exact) mass is 268 g/mol. The molecule has 1 atom stereocenters. The van der Waals surface area contributed by atoms with Gasteiger partial charge in [0.25, 0.3) is 0 Å². The Kier molecular flexibility index (Phi) is 5.26. The molecule has 6 nitrogen and oxygen atoms in total. The lowest BCUT2D eigenvalue weighted by atomic mass is 10.1.